The van der Waals surface area contributed by atoms with Gasteiger partial charge in [0.05, 0.1) is 5.56 Å². The smallest absolute Gasteiger partial charge is 0.343 e. The van der Waals surface area contributed by atoms with Gasteiger partial charge in [0.15, 0.2) is 0 Å². The molecule has 21 heavy (non-hydrogen) atoms. The van der Waals surface area contributed by atoms with Gasteiger partial charge in [0.2, 0.25) is 11.5 Å². The van der Waals surface area contributed by atoms with Gasteiger partial charge in [-0.25, -0.2) is 4.79 Å². The Kier molecular flexibility index (Phi) is 3.27. The first kappa shape index (κ1) is 13.1. The Morgan fingerprint density at radius 3 is 2.76 bits per heavy atom. The summed E-state index contributed by atoms with van der Waals surface area (Å²) in [6.45, 7) is 0. The molecule has 3 rings (SSSR count). The van der Waals surface area contributed by atoms with E-state index in [4.69, 9.17) is 4.74 Å². The number of rotatable bonds is 2. The highest BCUT2D eigenvalue weighted by molar-refractivity contribution is 5.94. The number of anilines is 1. The number of nitrogens with one attached hydrogen (secondary N) is 2. The fraction of sp³-hybridized carbons (Fsp3) is 0.133. The van der Waals surface area contributed by atoms with Gasteiger partial charge in [0.1, 0.15) is 5.75 Å². The van der Waals surface area contributed by atoms with E-state index in [2.05, 4.69) is 10.3 Å². The summed E-state index contributed by atoms with van der Waals surface area (Å²) in [5, 5.41) is 2.74. The van der Waals surface area contributed by atoms with Crippen LogP contribution >= 0.6 is 0 Å². The number of fused-ring (bicyclic) bond motifs is 1. The lowest BCUT2D eigenvalue weighted by molar-refractivity contribution is -0.116. The Labute approximate surface area is 119 Å². The number of pyridine rings is 1. The summed E-state index contributed by atoms with van der Waals surface area (Å²) in [6.07, 6.45) is 2.51. The minimum atomic E-state index is -0.622. The summed E-state index contributed by atoms with van der Waals surface area (Å²) in [6, 6.07) is 7.72. The number of aromatic amines is 1. The Morgan fingerprint density at radius 1 is 1.10 bits per heavy atom. The predicted octanol–water partition coefficient (Wildman–Crippen LogP) is 1.48. The quantitative estimate of drug-likeness (QED) is 0.646. The first-order valence-corrected chi connectivity index (χ1v) is 6.45. The van der Waals surface area contributed by atoms with Crippen molar-refractivity contribution in [2.24, 2.45) is 0 Å². The van der Waals surface area contributed by atoms with Crippen LogP contribution < -0.4 is 15.6 Å². The third-order valence-electron chi connectivity index (χ3n) is 3.20. The number of benzene rings is 1. The Balaban J connectivity index is 1.82. The van der Waals surface area contributed by atoms with E-state index in [9.17, 15) is 14.4 Å². The molecule has 2 N–H and O–H groups in total. The van der Waals surface area contributed by atoms with E-state index in [-0.39, 0.29) is 17.0 Å². The molecule has 1 aromatic carbocycles. The van der Waals surface area contributed by atoms with Crippen molar-refractivity contribution in [2.75, 3.05) is 5.32 Å². The number of aryl methyl sites for hydroxylation is 1. The maximum absolute atomic E-state index is 11.9. The topological polar surface area (TPSA) is 88.3 Å². The molecule has 6 heteroatoms. The molecule has 2 heterocycles. The molecule has 1 aromatic heterocycles. The molecule has 0 bridgehead atoms. The number of amides is 1. The van der Waals surface area contributed by atoms with Crippen molar-refractivity contribution in [2.45, 2.75) is 12.8 Å². The Bertz CT molecular complexity index is 779. The first-order valence-electron chi connectivity index (χ1n) is 6.45. The van der Waals surface area contributed by atoms with Gasteiger partial charge in [-0.15, -0.1) is 0 Å². The maximum Gasteiger partial charge on any atom is 0.343 e. The van der Waals surface area contributed by atoms with Gasteiger partial charge in [-0.2, -0.15) is 0 Å². The van der Waals surface area contributed by atoms with Crippen LogP contribution in [0.25, 0.3) is 0 Å². The van der Waals surface area contributed by atoms with Crippen molar-refractivity contribution in [3.63, 3.8) is 0 Å². The molecule has 0 atom stereocenters. The van der Waals surface area contributed by atoms with Crippen LogP contribution in [0.5, 0.6) is 5.75 Å². The molecule has 6 nitrogen and oxygen atoms in total. The zero-order valence-corrected chi connectivity index (χ0v) is 11.0. The van der Waals surface area contributed by atoms with E-state index in [0.717, 1.165) is 5.56 Å². The number of esters is 1. The first-order chi connectivity index (χ1) is 10.1. The Morgan fingerprint density at radius 2 is 1.95 bits per heavy atom. The summed E-state index contributed by atoms with van der Waals surface area (Å²) >= 11 is 0. The van der Waals surface area contributed by atoms with Crippen LogP contribution in [0.4, 0.5) is 5.69 Å². The summed E-state index contributed by atoms with van der Waals surface area (Å²) < 4.78 is 5.21. The normalized spacial score (nSPS) is 13.2. The highest BCUT2D eigenvalue weighted by Gasteiger charge is 2.16. The van der Waals surface area contributed by atoms with Crippen molar-refractivity contribution in [1.29, 1.82) is 0 Å². The second-order valence-corrected chi connectivity index (χ2v) is 4.70. The molecule has 106 valence electrons. The number of carbonyl (C=O) groups excluding carboxylic acids is 2. The van der Waals surface area contributed by atoms with Crippen molar-refractivity contribution in [3.8, 4) is 5.75 Å². The third kappa shape index (κ3) is 2.84. The molecule has 1 amide bonds. The van der Waals surface area contributed by atoms with Crippen LogP contribution in [0.3, 0.4) is 0 Å². The summed E-state index contributed by atoms with van der Waals surface area (Å²) in [7, 11) is 0. The van der Waals surface area contributed by atoms with Crippen LogP contribution in [-0.2, 0) is 11.2 Å². The van der Waals surface area contributed by atoms with Gasteiger partial charge in [-0.3, -0.25) is 9.59 Å². The van der Waals surface area contributed by atoms with Gasteiger partial charge in [-0.1, -0.05) is 6.07 Å². The largest absolute Gasteiger partial charge is 0.423 e. The van der Waals surface area contributed by atoms with Gasteiger partial charge < -0.3 is 15.0 Å². The van der Waals surface area contributed by atoms with Crippen LogP contribution in [-0.4, -0.2) is 16.9 Å². The third-order valence-corrected chi connectivity index (χ3v) is 3.20. The van der Waals surface area contributed by atoms with Gasteiger partial charge in [0, 0.05) is 30.4 Å². The number of H-pyrrole nitrogens is 1. The minimum Gasteiger partial charge on any atom is -0.423 e. The number of ether oxygens (including phenoxy) is 1. The second kappa shape index (κ2) is 5.24. The van der Waals surface area contributed by atoms with Crippen LogP contribution in [0.2, 0.25) is 0 Å². The average Bonchev–Trinajstić information content (AvgIpc) is 2.46. The average molecular weight is 284 g/mol. The lowest BCUT2D eigenvalue weighted by Gasteiger charge is -2.17. The van der Waals surface area contributed by atoms with Gasteiger partial charge >= 0.3 is 5.97 Å². The molecule has 1 aliphatic heterocycles. The zero-order valence-electron chi connectivity index (χ0n) is 11.0. The molecular weight excluding hydrogens is 272 g/mol. The molecule has 0 aliphatic carbocycles. The van der Waals surface area contributed by atoms with Crippen LogP contribution in [0, 0.1) is 0 Å². The molecule has 0 saturated heterocycles. The summed E-state index contributed by atoms with van der Waals surface area (Å²) in [4.78, 5) is 36.9. The lowest BCUT2D eigenvalue weighted by Crippen LogP contribution is -2.19. The molecule has 0 spiro atoms. The second-order valence-electron chi connectivity index (χ2n) is 4.70. The fourth-order valence-electron chi connectivity index (χ4n) is 2.15. The molecule has 0 radical (unpaired) electrons. The van der Waals surface area contributed by atoms with Crippen LogP contribution in [0.1, 0.15) is 22.3 Å². The fourth-order valence-corrected chi connectivity index (χ4v) is 2.15. The van der Waals surface area contributed by atoms with Gasteiger partial charge in [-0.05, 0) is 24.1 Å². The monoisotopic (exact) mass is 284 g/mol. The van der Waals surface area contributed by atoms with Crippen LogP contribution in [0.15, 0.2) is 41.3 Å². The van der Waals surface area contributed by atoms with E-state index in [0.29, 0.717) is 24.3 Å². The van der Waals surface area contributed by atoms with Crippen molar-refractivity contribution < 1.29 is 14.3 Å². The minimum absolute atomic E-state index is 0.0550. The SMILES string of the molecule is O=C1CCc2ccc(OC(=O)c3cc[nH]c(=O)c3)cc2N1. The molecule has 0 saturated carbocycles. The van der Waals surface area contributed by atoms with E-state index < -0.39 is 5.97 Å². The van der Waals surface area contributed by atoms with E-state index in [1.165, 1.54) is 18.3 Å². The van der Waals surface area contributed by atoms with Crippen molar-refractivity contribution in [3.05, 3.63) is 58.0 Å². The van der Waals surface area contributed by atoms with E-state index in [1.54, 1.807) is 12.1 Å². The van der Waals surface area contributed by atoms with E-state index in [1.807, 2.05) is 6.07 Å². The molecule has 2 aromatic rings. The zero-order chi connectivity index (χ0) is 14.8. The number of carbonyl (C=O) groups is 2. The van der Waals surface area contributed by atoms with Crippen molar-refractivity contribution >= 4 is 17.6 Å². The number of hydrogen-bond acceptors (Lipinski definition) is 4. The summed E-state index contributed by atoms with van der Waals surface area (Å²) in [5.74, 6) is -0.356. The Hall–Kier alpha value is -2.89. The molecular formula is C15H12N2O4. The molecule has 0 fully saturated rings. The highest BCUT2D eigenvalue weighted by Crippen LogP contribution is 2.27. The molecule has 1 aliphatic rings. The van der Waals surface area contributed by atoms with E-state index >= 15 is 0 Å². The summed E-state index contributed by atoms with van der Waals surface area (Å²) in [5.41, 5.74) is 1.45. The predicted molar refractivity (Wildman–Crippen MR) is 75.4 cm³/mol. The van der Waals surface area contributed by atoms with Crippen molar-refractivity contribution in [1.82, 2.24) is 4.98 Å². The number of hydrogen-bond donors (Lipinski definition) is 2. The lowest BCUT2D eigenvalue weighted by atomic mass is 10.0. The molecule has 0 unspecified atom stereocenters. The van der Waals surface area contributed by atoms with Gasteiger partial charge in [0.25, 0.3) is 0 Å². The standard InChI is InChI=1S/C15H12N2O4/c18-13-4-2-9-1-3-11(8-12(9)17-13)21-15(20)10-5-6-16-14(19)7-10/h1,3,5-8H,2,4H2,(H,16,19)(H,17,18). The maximum atomic E-state index is 11.9. The number of aromatic nitrogens is 1. The highest BCUT2D eigenvalue weighted by atomic mass is 16.5.